The molecule has 1 aromatic rings. The van der Waals surface area contributed by atoms with Crippen LogP contribution in [0.15, 0.2) is 24.3 Å². The first kappa shape index (κ1) is 13.8. The largest absolute Gasteiger partial charge is 0.508 e. The molecular formula is C15H22O2. The summed E-state index contributed by atoms with van der Waals surface area (Å²) in [6.45, 7) is 6.05. The zero-order valence-electron chi connectivity index (χ0n) is 11.0. The minimum Gasteiger partial charge on any atom is -0.508 e. The Hall–Kier alpha value is -1.31. The number of benzene rings is 1. The highest BCUT2D eigenvalue weighted by Crippen LogP contribution is 2.30. The third-order valence-corrected chi connectivity index (χ3v) is 3.23. The maximum Gasteiger partial charge on any atom is 0.129 e. The van der Waals surface area contributed by atoms with Gasteiger partial charge in [-0.05, 0) is 42.9 Å². The Balaban J connectivity index is 2.50. The predicted octanol–water partition coefficient (Wildman–Crippen LogP) is 3.82. The van der Waals surface area contributed by atoms with Gasteiger partial charge in [0.25, 0.3) is 0 Å². The lowest BCUT2D eigenvalue weighted by Gasteiger charge is -2.25. The Labute approximate surface area is 104 Å². The van der Waals surface area contributed by atoms with E-state index in [0.29, 0.717) is 12.2 Å². The number of rotatable bonds is 6. The smallest absolute Gasteiger partial charge is 0.129 e. The number of hydrogen-bond donors (Lipinski definition) is 1. The van der Waals surface area contributed by atoms with Crippen LogP contribution >= 0.6 is 0 Å². The Bertz CT molecular complexity index is 363. The first-order valence-electron chi connectivity index (χ1n) is 6.21. The van der Waals surface area contributed by atoms with Crippen LogP contribution in [-0.4, -0.2) is 10.9 Å². The molecule has 0 aliphatic rings. The van der Waals surface area contributed by atoms with Gasteiger partial charge in [-0.25, -0.2) is 0 Å². The molecule has 2 nitrogen and oxygen atoms in total. The molecule has 0 aliphatic heterocycles. The van der Waals surface area contributed by atoms with E-state index in [9.17, 15) is 9.90 Å². The number of unbranched alkanes of at least 4 members (excludes halogenated alkanes) is 1. The molecule has 1 aromatic carbocycles. The molecule has 0 bridgehead atoms. The highest BCUT2D eigenvalue weighted by Gasteiger charge is 2.19. The Morgan fingerprint density at radius 2 is 1.76 bits per heavy atom. The zero-order chi connectivity index (χ0) is 12.9. The van der Waals surface area contributed by atoms with Crippen molar-refractivity contribution in [1.29, 1.82) is 0 Å². The van der Waals surface area contributed by atoms with Crippen molar-refractivity contribution >= 4 is 5.78 Å². The topological polar surface area (TPSA) is 37.3 Å². The monoisotopic (exact) mass is 234 g/mol. The lowest BCUT2D eigenvalue weighted by molar-refractivity contribution is -0.117. The molecule has 1 rings (SSSR count). The van der Waals surface area contributed by atoms with Crippen LogP contribution in [0.25, 0.3) is 0 Å². The van der Waals surface area contributed by atoms with Gasteiger partial charge >= 0.3 is 0 Å². The van der Waals surface area contributed by atoms with E-state index < -0.39 is 0 Å². The first-order chi connectivity index (χ1) is 7.92. The third-order valence-electron chi connectivity index (χ3n) is 3.23. The molecule has 0 heterocycles. The van der Waals surface area contributed by atoms with E-state index in [4.69, 9.17) is 0 Å². The van der Waals surface area contributed by atoms with E-state index in [1.807, 2.05) is 12.1 Å². The summed E-state index contributed by atoms with van der Waals surface area (Å²) in [6, 6.07) is 7.40. The Kier molecular flexibility index (Phi) is 4.73. The van der Waals surface area contributed by atoms with Crippen molar-refractivity contribution in [3.8, 4) is 5.75 Å². The van der Waals surface area contributed by atoms with Crippen LogP contribution in [-0.2, 0) is 10.2 Å². The molecule has 0 fully saturated rings. The molecule has 0 unspecified atom stereocenters. The van der Waals surface area contributed by atoms with Gasteiger partial charge < -0.3 is 9.90 Å². The molecule has 0 spiro atoms. The lowest BCUT2D eigenvalue weighted by atomic mass is 9.80. The fourth-order valence-electron chi connectivity index (χ4n) is 2.00. The van der Waals surface area contributed by atoms with Gasteiger partial charge in [-0.3, -0.25) is 0 Å². The number of hydrogen-bond acceptors (Lipinski definition) is 2. The lowest BCUT2D eigenvalue weighted by Crippen LogP contribution is -2.16. The van der Waals surface area contributed by atoms with Crippen molar-refractivity contribution in [2.24, 2.45) is 0 Å². The summed E-state index contributed by atoms with van der Waals surface area (Å²) in [5.41, 5.74) is 1.34. The second kappa shape index (κ2) is 5.85. The van der Waals surface area contributed by atoms with Gasteiger partial charge in [0.05, 0.1) is 0 Å². The van der Waals surface area contributed by atoms with Crippen molar-refractivity contribution < 1.29 is 9.90 Å². The molecule has 0 radical (unpaired) electrons. The quantitative estimate of drug-likeness (QED) is 0.760. The summed E-state index contributed by atoms with van der Waals surface area (Å²) in [6.07, 6.45) is 3.78. The summed E-state index contributed by atoms with van der Waals surface area (Å²) in [5.74, 6) is 0.577. The molecule has 94 valence electrons. The third kappa shape index (κ3) is 4.59. The second-order valence-electron chi connectivity index (χ2n) is 5.34. The SMILES string of the molecule is CC(=O)CCCCC(C)(C)c1ccc(O)cc1. The van der Waals surface area contributed by atoms with Crippen LogP contribution in [0.3, 0.4) is 0 Å². The van der Waals surface area contributed by atoms with Crippen LogP contribution in [0.4, 0.5) is 0 Å². The average molecular weight is 234 g/mol. The van der Waals surface area contributed by atoms with Crippen LogP contribution < -0.4 is 0 Å². The molecule has 17 heavy (non-hydrogen) atoms. The predicted molar refractivity (Wildman–Crippen MR) is 70.3 cm³/mol. The van der Waals surface area contributed by atoms with E-state index in [1.165, 1.54) is 5.56 Å². The molecular weight excluding hydrogens is 212 g/mol. The number of Topliss-reactive ketones (excluding diaryl/α,β-unsaturated/α-hetero) is 1. The van der Waals surface area contributed by atoms with Gasteiger partial charge in [0, 0.05) is 6.42 Å². The maximum absolute atomic E-state index is 10.8. The highest BCUT2D eigenvalue weighted by molar-refractivity contribution is 5.75. The van der Waals surface area contributed by atoms with E-state index in [-0.39, 0.29) is 11.2 Å². The van der Waals surface area contributed by atoms with Gasteiger partial charge in [0.1, 0.15) is 11.5 Å². The van der Waals surface area contributed by atoms with Crippen molar-refractivity contribution in [3.05, 3.63) is 29.8 Å². The van der Waals surface area contributed by atoms with Crippen LogP contribution in [0, 0.1) is 0 Å². The highest BCUT2D eigenvalue weighted by atomic mass is 16.3. The van der Waals surface area contributed by atoms with Crippen molar-refractivity contribution in [2.75, 3.05) is 0 Å². The summed E-state index contributed by atoms with van der Waals surface area (Å²) < 4.78 is 0. The number of phenolic OH excluding ortho intramolecular Hbond substituents is 1. The molecule has 0 saturated heterocycles. The summed E-state index contributed by atoms with van der Waals surface area (Å²) in [4.78, 5) is 10.8. The van der Waals surface area contributed by atoms with Gasteiger partial charge in [0.2, 0.25) is 0 Å². The normalized spacial score (nSPS) is 11.5. The minimum absolute atomic E-state index is 0.102. The van der Waals surface area contributed by atoms with Crippen LogP contribution in [0.2, 0.25) is 0 Å². The Morgan fingerprint density at radius 1 is 1.18 bits per heavy atom. The molecule has 0 aromatic heterocycles. The number of carbonyl (C=O) groups excluding carboxylic acids is 1. The maximum atomic E-state index is 10.8. The molecule has 0 saturated carbocycles. The Morgan fingerprint density at radius 3 is 2.29 bits per heavy atom. The van der Waals surface area contributed by atoms with Gasteiger partial charge in [-0.1, -0.05) is 32.4 Å². The van der Waals surface area contributed by atoms with E-state index in [2.05, 4.69) is 13.8 Å². The number of phenols is 1. The first-order valence-corrected chi connectivity index (χ1v) is 6.21. The van der Waals surface area contributed by atoms with Gasteiger partial charge in [-0.2, -0.15) is 0 Å². The van der Waals surface area contributed by atoms with E-state index in [0.717, 1.165) is 19.3 Å². The number of aromatic hydroxyl groups is 1. The van der Waals surface area contributed by atoms with Crippen LogP contribution in [0.5, 0.6) is 5.75 Å². The number of ketones is 1. The summed E-state index contributed by atoms with van der Waals surface area (Å²) >= 11 is 0. The minimum atomic E-state index is 0.102. The molecule has 0 aliphatic carbocycles. The summed E-state index contributed by atoms with van der Waals surface area (Å²) in [5, 5.41) is 9.26. The summed E-state index contributed by atoms with van der Waals surface area (Å²) in [7, 11) is 0. The fraction of sp³-hybridized carbons (Fsp3) is 0.533. The standard InChI is InChI=1S/C15H22O2/c1-12(16)6-4-5-11-15(2,3)13-7-9-14(17)10-8-13/h7-10,17H,4-6,11H2,1-3H3. The van der Waals surface area contributed by atoms with E-state index in [1.54, 1.807) is 19.1 Å². The average Bonchev–Trinajstić information content (AvgIpc) is 2.25. The van der Waals surface area contributed by atoms with Crippen LogP contribution in [0.1, 0.15) is 52.0 Å². The van der Waals surface area contributed by atoms with Crippen molar-refractivity contribution in [2.45, 2.75) is 51.9 Å². The van der Waals surface area contributed by atoms with Gasteiger partial charge in [0.15, 0.2) is 0 Å². The molecule has 2 heteroatoms. The fourth-order valence-corrected chi connectivity index (χ4v) is 2.00. The number of carbonyl (C=O) groups is 1. The molecule has 1 N–H and O–H groups in total. The molecule has 0 atom stereocenters. The van der Waals surface area contributed by atoms with Crippen molar-refractivity contribution in [3.63, 3.8) is 0 Å². The zero-order valence-corrected chi connectivity index (χ0v) is 11.0. The second-order valence-corrected chi connectivity index (χ2v) is 5.34. The van der Waals surface area contributed by atoms with Crippen molar-refractivity contribution in [1.82, 2.24) is 0 Å². The van der Waals surface area contributed by atoms with Gasteiger partial charge in [-0.15, -0.1) is 0 Å². The molecule has 0 amide bonds. The van der Waals surface area contributed by atoms with E-state index >= 15 is 0 Å².